The first-order chi connectivity index (χ1) is 13.3. The van der Waals surface area contributed by atoms with Crippen molar-refractivity contribution >= 4 is 33.4 Å². The normalized spacial score (nSPS) is 18.7. The van der Waals surface area contributed by atoms with Crippen molar-refractivity contribution < 1.29 is 4.79 Å². The summed E-state index contributed by atoms with van der Waals surface area (Å²) < 4.78 is 2.32. The van der Waals surface area contributed by atoms with Crippen LogP contribution in [0.5, 0.6) is 0 Å². The lowest BCUT2D eigenvalue weighted by Crippen LogP contribution is -2.14. The molecule has 2 aromatic heterocycles. The third kappa shape index (κ3) is 2.69. The fourth-order valence-electron chi connectivity index (χ4n) is 4.17. The van der Waals surface area contributed by atoms with Crippen molar-refractivity contribution in [2.45, 2.75) is 25.8 Å². The van der Waals surface area contributed by atoms with E-state index in [1.807, 2.05) is 18.2 Å². The highest BCUT2D eigenvalue weighted by molar-refractivity contribution is 6.10. The van der Waals surface area contributed by atoms with Gasteiger partial charge in [-0.1, -0.05) is 18.2 Å². The molecule has 4 aromatic rings. The third-order valence-electron chi connectivity index (χ3n) is 5.62. The molecular formula is C23H21N3O. The molecule has 1 aliphatic carbocycles. The molecule has 0 bridgehead atoms. The molecule has 1 N–H and O–H groups in total. The molecule has 4 nitrogen and oxygen atoms in total. The van der Waals surface area contributed by atoms with Gasteiger partial charge in [-0.15, -0.1) is 0 Å². The second-order valence-corrected chi connectivity index (χ2v) is 7.21. The van der Waals surface area contributed by atoms with E-state index in [-0.39, 0.29) is 11.8 Å². The van der Waals surface area contributed by atoms with Crippen LogP contribution in [-0.4, -0.2) is 15.5 Å². The third-order valence-corrected chi connectivity index (χ3v) is 5.62. The van der Waals surface area contributed by atoms with Gasteiger partial charge in [0.2, 0.25) is 5.91 Å². The molecule has 0 aliphatic heterocycles. The Morgan fingerprint density at radius 1 is 1.07 bits per heavy atom. The molecule has 1 saturated carbocycles. The van der Waals surface area contributed by atoms with E-state index in [1.54, 1.807) is 12.4 Å². The number of carbonyl (C=O) groups excluding carboxylic acids is 1. The van der Waals surface area contributed by atoms with Crippen LogP contribution in [0.2, 0.25) is 0 Å². The van der Waals surface area contributed by atoms with Crippen LogP contribution in [-0.2, 0) is 11.3 Å². The summed E-state index contributed by atoms with van der Waals surface area (Å²) in [6.07, 6.45) is 4.49. The van der Waals surface area contributed by atoms with Crippen LogP contribution in [0.4, 0.5) is 5.69 Å². The first-order valence-electron chi connectivity index (χ1n) is 9.48. The minimum absolute atomic E-state index is 0.0556. The Labute approximate surface area is 157 Å². The Morgan fingerprint density at radius 2 is 1.85 bits per heavy atom. The first-order valence-corrected chi connectivity index (χ1v) is 9.48. The molecule has 5 rings (SSSR count). The Balaban J connectivity index is 1.43. The smallest absolute Gasteiger partial charge is 0.228 e. The van der Waals surface area contributed by atoms with Crippen molar-refractivity contribution in [3.05, 3.63) is 72.6 Å². The van der Waals surface area contributed by atoms with Gasteiger partial charge >= 0.3 is 0 Å². The van der Waals surface area contributed by atoms with Crippen molar-refractivity contribution in [2.75, 3.05) is 5.32 Å². The second-order valence-electron chi connectivity index (χ2n) is 7.21. The largest absolute Gasteiger partial charge is 0.341 e. The monoisotopic (exact) mass is 355 g/mol. The Hall–Kier alpha value is -3.14. The van der Waals surface area contributed by atoms with Crippen molar-refractivity contribution in [1.82, 2.24) is 9.55 Å². The predicted molar refractivity (Wildman–Crippen MR) is 109 cm³/mol. The van der Waals surface area contributed by atoms with Crippen LogP contribution in [0, 0.1) is 5.92 Å². The van der Waals surface area contributed by atoms with Gasteiger partial charge in [0.15, 0.2) is 0 Å². The molecule has 27 heavy (non-hydrogen) atoms. The van der Waals surface area contributed by atoms with Gasteiger partial charge in [0, 0.05) is 52.3 Å². The van der Waals surface area contributed by atoms with Gasteiger partial charge in [-0.05, 0) is 61.2 Å². The average molecular weight is 355 g/mol. The molecule has 0 spiro atoms. The number of aryl methyl sites for hydroxylation is 1. The van der Waals surface area contributed by atoms with Crippen LogP contribution in [0.25, 0.3) is 21.8 Å². The Morgan fingerprint density at radius 3 is 2.67 bits per heavy atom. The van der Waals surface area contributed by atoms with Gasteiger partial charge in [0.05, 0.1) is 0 Å². The van der Waals surface area contributed by atoms with Gasteiger partial charge in [-0.25, -0.2) is 0 Å². The van der Waals surface area contributed by atoms with E-state index in [0.717, 1.165) is 18.7 Å². The zero-order chi connectivity index (χ0) is 18.4. The number of nitrogens with zero attached hydrogens (tertiary/aromatic N) is 2. The minimum atomic E-state index is 0.0556. The maximum atomic E-state index is 12.7. The van der Waals surface area contributed by atoms with Crippen molar-refractivity contribution in [3.8, 4) is 0 Å². The summed E-state index contributed by atoms with van der Waals surface area (Å²) in [4.78, 5) is 16.7. The van der Waals surface area contributed by atoms with Gasteiger partial charge in [0.25, 0.3) is 0 Å². The summed E-state index contributed by atoms with van der Waals surface area (Å²) in [7, 11) is 0. The molecule has 2 aromatic carbocycles. The SMILES string of the molecule is CCn1c2ccccc2c2cc(NC(=O)[C@H]3C[C@@H]3c3ccncc3)ccc21. The van der Waals surface area contributed by atoms with Gasteiger partial charge in [-0.2, -0.15) is 0 Å². The number of anilines is 1. The van der Waals surface area contributed by atoms with E-state index in [4.69, 9.17) is 0 Å². The topological polar surface area (TPSA) is 46.9 Å². The lowest BCUT2D eigenvalue weighted by molar-refractivity contribution is -0.117. The molecule has 1 aliphatic rings. The van der Waals surface area contributed by atoms with Crippen molar-refractivity contribution in [3.63, 3.8) is 0 Å². The molecule has 134 valence electrons. The van der Waals surface area contributed by atoms with Crippen molar-refractivity contribution in [2.24, 2.45) is 5.92 Å². The fourth-order valence-corrected chi connectivity index (χ4v) is 4.17. The second kappa shape index (κ2) is 6.23. The number of nitrogens with one attached hydrogen (secondary N) is 1. The van der Waals surface area contributed by atoms with Crippen LogP contribution >= 0.6 is 0 Å². The summed E-state index contributed by atoms with van der Waals surface area (Å²) in [5, 5.41) is 5.54. The summed E-state index contributed by atoms with van der Waals surface area (Å²) in [6, 6.07) is 18.7. The van der Waals surface area contributed by atoms with Crippen LogP contribution < -0.4 is 5.32 Å². The molecule has 4 heteroatoms. The number of para-hydroxylation sites is 1. The Bertz CT molecular complexity index is 1150. The number of pyridine rings is 1. The number of hydrogen-bond acceptors (Lipinski definition) is 2. The molecule has 2 atom stereocenters. The predicted octanol–water partition coefficient (Wildman–Crippen LogP) is 4.95. The van der Waals surface area contributed by atoms with Gasteiger partial charge in [-0.3, -0.25) is 9.78 Å². The first kappa shape index (κ1) is 16.1. The highest BCUT2D eigenvalue weighted by Gasteiger charge is 2.43. The number of amides is 1. The van der Waals surface area contributed by atoms with E-state index in [2.05, 4.69) is 58.2 Å². The van der Waals surface area contributed by atoms with E-state index in [9.17, 15) is 4.79 Å². The summed E-state index contributed by atoms with van der Waals surface area (Å²) in [5.41, 5.74) is 4.51. The number of aromatic nitrogens is 2. The number of benzene rings is 2. The summed E-state index contributed by atoms with van der Waals surface area (Å²) in [5.74, 6) is 0.481. The van der Waals surface area contributed by atoms with Gasteiger partial charge in [0.1, 0.15) is 0 Å². The zero-order valence-electron chi connectivity index (χ0n) is 15.2. The number of carbonyl (C=O) groups is 1. The lowest BCUT2D eigenvalue weighted by Gasteiger charge is -2.07. The van der Waals surface area contributed by atoms with Crippen LogP contribution in [0.3, 0.4) is 0 Å². The van der Waals surface area contributed by atoms with E-state index in [1.165, 1.54) is 27.4 Å². The number of hydrogen-bond donors (Lipinski definition) is 1. The Kier molecular flexibility index (Phi) is 3.71. The zero-order valence-corrected chi connectivity index (χ0v) is 15.2. The number of fused-ring (bicyclic) bond motifs is 3. The quantitative estimate of drug-likeness (QED) is 0.563. The molecular weight excluding hydrogens is 334 g/mol. The maximum Gasteiger partial charge on any atom is 0.228 e. The van der Waals surface area contributed by atoms with Crippen LogP contribution in [0.1, 0.15) is 24.8 Å². The van der Waals surface area contributed by atoms with Crippen LogP contribution in [0.15, 0.2) is 67.0 Å². The highest BCUT2D eigenvalue weighted by Crippen LogP contribution is 2.47. The standard InChI is InChI=1S/C23H21N3O/c1-2-26-21-6-4-3-5-17(21)19-13-16(7-8-22(19)26)25-23(27)20-14-18(20)15-9-11-24-12-10-15/h3-13,18,20H,2,14H2,1H3,(H,25,27)/t18-,20+/m1/s1. The highest BCUT2D eigenvalue weighted by atomic mass is 16.2. The van der Waals surface area contributed by atoms with Crippen molar-refractivity contribution in [1.29, 1.82) is 0 Å². The minimum Gasteiger partial charge on any atom is -0.341 e. The van der Waals surface area contributed by atoms with E-state index < -0.39 is 0 Å². The molecule has 0 radical (unpaired) electrons. The van der Waals surface area contributed by atoms with Gasteiger partial charge < -0.3 is 9.88 Å². The van der Waals surface area contributed by atoms with E-state index >= 15 is 0 Å². The number of rotatable bonds is 4. The lowest BCUT2D eigenvalue weighted by atomic mass is 10.1. The molecule has 0 unspecified atom stereocenters. The summed E-state index contributed by atoms with van der Waals surface area (Å²) in [6.45, 7) is 3.08. The summed E-state index contributed by atoms with van der Waals surface area (Å²) >= 11 is 0. The van der Waals surface area contributed by atoms with E-state index in [0.29, 0.717) is 5.92 Å². The maximum absolute atomic E-state index is 12.7. The molecule has 0 saturated heterocycles. The molecule has 2 heterocycles. The fraction of sp³-hybridized carbons (Fsp3) is 0.217. The molecule has 1 fully saturated rings. The molecule has 1 amide bonds. The average Bonchev–Trinajstić information content (AvgIpc) is 3.46.